The lowest BCUT2D eigenvalue weighted by atomic mass is 9.84. The maximum atomic E-state index is 11.7. The molecule has 1 heteroatoms. The molecule has 2 aliphatic carbocycles. The second kappa shape index (κ2) is 2.72. The fraction of sp³-hybridized carbons (Fsp3) is 0.727. The highest BCUT2D eigenvalue weighted by Crippen LogP contribution is 2.43. The zero-order valence-electron chi connectivity index (χ0n) is 7.84. The molecule has 0 saturated heterocycles. The fourth-order valence-electron chi connectivity index (χ4n) is 2.58. The number of hydrogen-bond donors (Lipinski definition) is 0. The number of rotatable bonds is 0. The Labute approximate surface area is 73.8 Å². The standard InChI is InChI=1S/C11H16O/c1-7-8(2)11(12)10-6-4-3-5-9(7)10/h6-9H,3-5H2,1-2H3/t7-,8-,9+/m0/s1. The number of Topliss-reactive ketones (excluding diaryl/α,β-unsaturated/α-hetero) is 1. The summed E-state index contributed by atoms with van der Waals surface area (Å²) in [6.07, 6.45) is 5.81. The third kappa shape index (κ3) is 0.954. The van der Waals surface area contributed by atoms with Crippen molar-refractivity contribution in [3.8, 4) is 0 Å². The minimum atomic E-state index is 0.277. The van der Waals surface area contributed by atoms with Gasteiger partial charge in [-0.25, -0.2) is 0 Å². The normalized spacial score (nSPS) is 41.0. The molecule has 3 atom stereocenters. The van der Waals surface area contributed by atoms with Gasteiger partial charge in [-0.05, 0) is 36.7 Å². The van der Waals surface area contributed by atoms with Crippen LogP contribution in [0.15, 0.2) is 11.6 Å². The first-order valence-electron chi connectivity index (χ1n) is 4.96. The number of ketones is 1. The minimum Gasteiger partial charge on any atom is -0.294 e. The highest BCUT2D eigenvalue weighted by Gasteiger charge is 2.41. The lowest BCUT2D eigenvalue weighted by Crippen LogP contribution is -2.11. The second-order valence-corrected chi connectivity index (χ2v) is 4.21. The summed E-state index contributed by atoms with van der Waals surface area (Å²) in [6, 6.07) is 0. The second-order valence-electron chi connectivity index (χ2n) is 4.21. The van der Waals surface area contributed by atoms with Crippen LogP contribution in [0.3, 0.4) is 0 Å². The Balaban J connectivity index is 2.33. The molecule has 0 aromatic rings. The Hall–Kier alpha value is -0.590. The van der Waals surface area contributed by atoms with Crippen molar-refractivity contribution in [3.63, 3.8) is 0 Å². The Morgan fingerprint density at radius 1 is 1.42 bits per heavy atom. The van der Waals surface area contributed by atoms with E-state index < -0.39 is 0 Å². The molecule has 0 aliphatic heterocycles. The van der Waals surface area contributed by atoms with Crippen LogP contribution in [0.2, 0.25) is 0 Å². The Morgan fingerprint density at radius 2 is 2.17 bits per heavy atom. The van der Waals surface area contributed by atoms with Gasteiger partial charge in [0.05, 0.1) is 0 Å². The largest absolute Gasteiger partial charge is 0.294 e. The van der Waals surface area contributed by atoms with Crippen LogP contribution >= 0.6 is 0 Å². The molecule has 0 amide bonds. The Bertz CT molecular complexity index is 239. The molecular weight excluding hydrogens is 148 g/mol. The summed E-state index contributed by atoms with van der Waals surface area (Å²) in [5, 5.41) is 0. The summed E-state index contributed by atoms with van der Waals surface area (Å²) in [6.45, 7) is 4.30. The van der Waals surface area contributed by atoms with Crippen LogP contribution in [-0.2, 0) is 4.79 Å². The monoisotopic (exact) mass is 164 g/mol. The molecule has 2 aliphatic rings. The van der Waals surface area contributed by atoms with Gasteiger partial charge in [-0.3, -0.25) is 4.79 Å². The van der Waals surface area contributed by atoms with Crippen molar-refractivity contribution in [2.24, 2.45) is 17.8 Å². The van der Waals surface area contributed by atoms with E-state index in [1.807, 2.05) is 0 Å². The predicted molar refractivity (Wildman–Crippen MR) is 48.8 cm³/mol. The zero-order valence-corrected chi connectivity index (χ0v) is 7.84. The van der Waals surface area contributed by atoms with Crippen LogP contribution in [0, 0.1) is 17.8 Å². The lowest BCUT2D eigenvalue weighted by molar-refractivity contribution is -0.117. The van der Waals surface area contributed by atoms with Gasteiger partial charge in [0.2, 0.25) is 0 Å². The van der Waals surface area contributed by atoms with Crippen molar-refractivity contribution < 1.29 is 4.79 Å². The quantitative estimate of drug-likeness (QED) is 0.537. The van der Waals surface area contributed by atoms with Crippen molar-refractivity contribution in [2.45, 2.75) is 33.1 Å². The van der Waals surface area contributed by atoms with Gasteiger partial charge in [-0.15, -0.1) is 0 Å². The summed E-state index contributed by atoms with van der Waals surface area (Å²) in [5.74, 6) is 1.89. The van der Waals surface area contributed by atoms with E-state index in [1.165, 1.54) is 12.8 Å². The number of allylic oxidation sites excluding steroid dienone is 2. The molecule has 12 heavy (non-hydrogen) atoms. The average Bonchev–Trinajstić information content (AvgIpc) is 2.33. The van der Waals surface area contributed by atoms with Crippen molar-refractivity contribution in [1.82, 2.24) is 0 Å². The van der Waals surface area contributed by atoms with E-state index in [9.17, 15) is 4.79 Å². The van der Waals surface area contributed by atoms with Gasteiger partial charge in [-0.1, -0.05) is 19.9 Å². The maximum Gasteiger partial charge on any atom is 0.161 e. The number of carbonyl (C=O) groups is 1. The molecule has 1 nitrogen and oxygen atoms in total. The molecule has 1 fully saturated rings. The lowest BCUT2D eigenvalue weighted by Gasteiger charge is -2.20. The molecule has 0 N–H and O–H groups in total. The van der Waals surface area contributed by atoms with Crippen LogP contribution in [0.5, 0.6) is 0 Å². The SMILES string of the molecule is C[C@H]1[C@H](C)C(=O)C2=CCCC[C@@H]21. The van der Waals surface area contributed by atoms with Crippen LogP contribution in [0.4, 0.5) is 0 Å². The minimum absolute atomic E-state index is 0.277. The summed E-state index contributed by atoms with van der Waals surface area (Å²) < 4.78 is 0. The van der Waals surface area contributed by atoms with Crippen LogP contribution in [-0.4, -0.2) is 5.78 Å². The first-order valence-corrected chi connectivity index (χ1v) is 4.96. The fourth-order valence-corrected chi connectivity index (χ4v) is 2.58. The van der Waals surface area contributed by atoms with Gasteiger partial charge in [0.15, 0.2) is 5.78 Å². The highest BCUT2D eigenvalue weighted by molar-refractivity contribution is 6.00. The summed E-state index contributed by atoms with van der Waals surface area (Å²) >= 11 is 0. The summed E-state index contributed by atoms with van der Waals surface area (Å²) in [4.78, 5) is 11.7. The van der Waals surface area contributed by atoms with E-state index in [1.54, 1.807) is 0 Å². The molecule has 66 valence electrons. The molecule has 0 aromatic carbocycles. The highest BCUT2D eigenvalue weighted by atomic mass is 16.1. The van der Waals surface area contributed by atoms with Gasteiger partial charge >= 0.3 is 0 Å². The molecule has 0 heterocycles. The molecule has 0 bridgehead atoms. The molecule has 0 unspecified atom stereocenters. The molecule has 0 aromatic heterocycles. The van der Waals surface area contributed by atoms with E-state index in [4.69, 9.17) is 0 Å². The Morgan fingerprint density at radius 3 is 2.83 bits per heavy atom. The third-order valence-electron chi connectivity index (χ3n) is 3.60. The number of hydrogen-bond acceptors (Lipinski definition) is 1. The molecule has 0 spiro atoms. The number of carbonyl (C=O) groups excluding carboxylic acids is 1. The van der Waals surface area contributed by atoms with Crippen molar-refractivity contribution in [1.29, 1.82) is 0 Å². The summed E-state index contributed by atoms with van der Waals surface area (Å²) in [5.41, 5.74) is 1.15. The van der Waals surface area contributed by atoms with E-state index in [0.717, 1.165) is 12.0 Å². The summed E-state index contributed by atoms with van der Waals surface area (Å²) in [7, 11) is 0. The van der Waals surface area contributed by atoms with Gasteiger partial charge in [0.1, 0.15) is 0 Å². The van der Waals surface area contributed by atoms with Crippen molar-refractivity contribution in [2.75, 3.05) is 0 Å². The van der Waals surface area contributed by atoms with E-state index in [2.05, 4.69) is 19.9 Å². The topological polar surface area (TPSA) is 17.1 Å². The average molecular weight is 164 g/mol. The van der Waals surface area contributed by atoms with Crippen molar-refractivity contribution >= 4 is 5.78 Å². The van der Waals surface area contributed by atoms with Crippen LogP contribution < -0.4 is 0 Å². The van der Waals surface area contributed by atoms with Gasteiger partial charge in [0, 0.05) is 5.92 Å². The van der Waals surface area contributed by atoms with E-state index in [-0.39, 0.29) is 5.92 Å². The molecule has 1 saturated carbocycles. The predicted octanol–water partition coefficient (Wildman–Crippen LogP) is 2.57. The smallest absolute Gasteiger partial charge is 0.161 e. The van der Waals surface area contributed by atoms with Crippen molar-refractivity contribution in [3.05, 3.63) is 11.6 Å². The molecule has 0 radical (unpaired) electrons. The van der Waals surface area contributed by atoms with E-state index in [0.29, 0.717) is 17.6 Å². The Kier molecular flexibility index (Phi) is 1.82. The third-order valence-corrected chi connectivity index (χ3v) is 3.60. The zero-order chi connectivity index (χ0) is 8.72. The molecular formula is C11H16O. The van der Waals surface area contributed by atoms with Gasteiger partial charge in [-0.2, -0.15) is 0 Å². The maximum absolute atomic E-state index is 11.7. The first kappa shape index (κ1) is 8.03. The molecule has 2 rings (SSSR count). The number of fused-ring (bicyclic) bond motifs is 1. The van der Waals surface area contributed by atoms with E-state index >= 15 is 0 Å². The van der Waals surface area contributed by atoms with Crippen LogP contribution in [0.25, 0.3) is 0 Å². The van der Waals surface area contributed by atoms with Gasteiger partial charge < -0.3 is 0 Å². The van der Waals surface area contributed by atoms with Crippen LogP contribution in [0.1, 0.15) is 33.1 Å². The van der Waals surface area contributed by atoms with Gasteiger partial charge in [0.25, 0.3) is 0 Å². The first-order chi connectivity index (χ1) is 5.72.